The Morgan fingerprint density at radius 2 is 1.04 bits per heavy atom. The number of nitrogens with one attached hydrogen (secondary N) is 8. The van der Waals surface area contributed by atoms with Crippen molar-refractivity contribution >= 4 is 93.4 Å². The predicted octanol–water partition coefficient (Wildman–Crippen LogP) is 3.58. The van der Waals surface area contributed by atoms with Gasteiger partial charge in [0.15, 0.2) is 0 Å². The molecule has 0 radical (unpaired) electrons. The molecule has 7 rings (SSSR count). The minimum absolute atomic E-state index is 0.120. The Balaban J connectivity index is 0.982. The summed E-state index contributed by atoms with van der Waals surface area (Å²) in [6, 6.07) is 12.8. The number of nitrogens with zero attached hydrogens (tertiary/aromatic N) is 2. The largest absolute Gasteiger partial charge is 0.367 e. The van der Waals surface area contributed by atoms with E-state index in [9.17, 15) is 28.8 Å². The highest BCUT2D eigenvalue weighted by atomic mass is 32.2. The van der Waals surface area contributed by atoms with Crippen molar-refractivity contribution in [2.75, 3.05) is 25.6 Å². The Labute approximate surface area is 431 Å². The topological polar surface area (TPSA) is 205 Å². The second-order valence-electron chi connectivity index (χ2n) is 19.8. The van der Waals surface area contributed by atoms with Crippen LogP contribution in [0.15, 0.2) is 60.7 Å². The molecular weight excluding hydrogens is 965 g/mol. The third-order valence-corrected chi connectivity index (χ3v) is 18.0. The lowest BCUT2D eigenvalue weighted by molar-refractivity contribution is -0.143. The number of benzene rings is 2. The highest BCUT2D eigenvalue weighted by molar-refractivity contribution is 8.00. The van der Waals surface area contributed by atoms with E-state index in [0.29, 0.717) is 78.9 Å². The van der Waals surface area contributed by atoms with E-state index < -0.39 is 47.6 Å². The zero-order valence-electron chi connectivity index (χ0n) is 41.0. The zero-order chi connectivity index (χ0) is 50.3. The molecule has 0 spiro atoms. The van der Waals surface area contributed by atoms with Gasteiger partial charge in [-0.2, -0.15) is 0 Å². The summed E-state index contributed by atoms with van der Waals surface area (Å²) in [5.41, 5.74) is 0.660. The molecule has 20 heteroatoms. The van der Waals surface area contributed by atoms with Gasteiger partial charge in [0, 0.05) is 12.1 Å². The van der Waals surface area contributed by atoms with E-state index in [1.54, 1.807) is 45.5 Å². The number of thiocarbonyl (C=S) groups is 2. The first-order valence-corrected chi connectivity index (χ1v) is 27.6. The highest BCUT2D eigenvalue weighted by Gasteiger charge is 2.55. The van der Waals surface area contributed by atoms with Crippen molar-refractivity contribution in [2.45, 2.75) is 157 Å². The molecule has 0 bridgehead atoms. The van der Waals surface area contributed by atoms with Gasteiger partial charge in [-0.05, 0) is 114 Å². The number of carbonyl (C=O) groups excluding carboxylic acids is 6. The first-order chi connectivity index (χ1) is 33.5. The van der Waals surface area contributed by atoms with Gasteiger partial charge in [0.25, 0.3) is 0 Å². The Bertz CT molecular complexity index is 2240. The van der Waals surface area contributed by atoms with Gasteiger partial charge >= 0.3 is 0 Å². The van der Waals surface area contributed by atoms with Crippen molar-refractivity contribution in [1.82, 2.24) is 52.3 Å². The van der Waals surface area contributed by atoms with Crippen LogP contribution in [0.1, 0.15) is 109 Å². The van der Waals surface area contributed by atoms with Crippen LogP contribution in [-0.2, 0) is 28.8 Å². The second kappa shape index (κ2) is 23.9. The van der Waals surface area contributed by atoms with Crippen molar-refractivity contribution < 1.29 is 28.8 Å². The van der Waals surface area contributed by atoms with Gasteiger partial charge in [0.05, 0.1) is 32.8 Å². The zero-order valence-corrected chi connectivity index (χ0v) is 44.2. The fourth-order valence-electron chi connectivity index (χ4n) is 10.3. The fraction of sp³-hybridized carbons (Fsp3) is 0.600. The van der Waals surface area contributed by atoms with Crippen LogP contribution in [0.5, 0.6) is 0 Å². The van der Waals surface area contributed by atoms with E-state index >= 15 is 0 Å². The predicted molar refractivity (Wildman–Crippen MR) is 284 cm³/mol. The van der Waals surface area contributed by atoms with Crippen LogP contribution in [0.25, 0.3) is 0 Å². The van der Waals surface area contributed by atoms with Crippen molar-refractivity contribution in [2.24, 2.45) is 5.41 Å². The van der Waals surface area contributed by atoms with Gasteiger partial charge in [-0.3, -0.25) is 28.8 Å². The van der Waals surface area contributed by atoms with Gasteiger partial charge < -0.3 is 52.3 Å². The number of hydrogen-bond donors (Lipinski definition) is 8. The molecule has 5 aliphatic rings. The molecule has 0 unspecified atom stereocenters. The van der Waals surface area contributed by atoms with Crippen LogP contribution < -0.4 is 42.5 Å². The monoisotopic (exact) mass is 1030 g/mol. The van der Waals surface area contributed by atoms with Crippen LogP contribution in [0, 0.1) is 5.41 Å². The minimum atomic E-state index is -1.02. The van der Waals surface area contributed by atoms with E-state index in [0.717, 1.165) is 11.5 Å². The number of likely N-dealkylation sites (N-methyl/N-ethyl adjacent to an activating group) is 2. The third-order valence-electron chi connectivity index (χ3n) is 14.5. The quantitative estimate of drug-likeness (QED) is 0.113. The van der Waals surface area contributed by atoms with Gasteiger partial charge in [0.2, 0.25) is 35.4 Å². The maximum atomic E-state index is 14.6. The smallest absolute Gasteiger partial charge is 0.247 e. The fourth-order valence-corrected chi connectivity index (χ4v) is 13.7. The van der Waals surface area contributed by atoms with Crippen LogP contribution in [0.2, 0.25) is 0 Å². The Morgan fingerprint density at radius 1 is 0.600 bits per heavy atom. The molecule has 70 heavy (non-hydrogen) atoms. The number of amides is 6. The minimum Gasteiger partial charge on any atom is -0.367 e. The Kier molecular flexibility index (Phi) is 18.3. The number of hydrogen-bond acceptors (Lipinski definition) is 12. The van der Waals surface area contributed by atoms with Gasteiger partial charge in [0.1, 0.15) is 36.3 Å². The first-order valence-electron chi connectivity index (χ1n) is 24.7. The number of rotatable bonds is 16. The number of carbonyl (C=O) groups is 6. The summed E-state index contributed by atoms with van der Waals surface area (Å²) < 4.78 is 0. The average Bonchev–Trinajstić information content (AvgIpc) is 3.81. The normalized spacial score (nSPS) is 28.0. The van der Waals surface area contributed by atoms with Crippen LogP contribution in [0.4, 0.5) is 0 Å². The SMILES string of the molecule is CN[C@@H](C)C(=S)N[C@H]1CCS[C@H]2CC[C@@H](C(=O)N[C@@H](C(=O)N[C@H]3CC[C@H](NC(=O)[C@@H](NC(=O)[C@H]4N5C(=O)[C@H](NC(=S)[C@H](C)NC)CCS[C@H]5CC4(C)C)c4ccccc4)CC3)c3ccccc3)N2C1=O. The van der Waals surface area contributed by atoms with Crippen LogP contribution >= 0.6 is 48.0 Å². The van der Waals surface area contributed by atoms with Crippen LogP contribution in [0.3, 0.4) is 0 Å². The highest BCUT2D eigenvalue weighted by Crippen LogP contribution is 2.46. The van der Waals surface area contributed by atoms with Crippen LogP contribution in [-0.4, -0.2) is 140 Å². The molecule has 4 heterocycles. The molecule has 8 N–H and O–H groups in total. The molecule has 0 aromatic heterocycles. The number of fused-ring (bicyclic) bond motifs is 2. The molecule has 1 aliphatic carbocycles. The molecule has 2 aromatic rings. The molecule has 10 atom stereocenters. The first kappa shape index (κ1) is 53.5. The van der Waals surface area contributed by atoms with Crippen molar-refractivity contribution in [3.63, 3.8) is 0 Å². The molecule has 2 aromatic carbocycles. The van der Waals surface area contributed by atoms with E-state index in [4.69, 9.17) is 24.4 Å². The number of thioether (sulfide) groups is 2. The maximum Gasteiger partial charge on any atom is 0.247 e. The molecule has 5 fully saturated rings. The maximum absolute atomic E-state index is 14.6. The third kappa shape index (κ3) is 12.5. The standard InChI is InChI=1S/C50H70N10O6S4/c1-28(51-5)46(67)55-34-23-25-69-37-22-21-36(59(37)48(34)65)42(61)57-39(30-13-9-7-10-14-30)43(62)53-32-17-19-33(20-18-32)54-44(63)40(31-15-11-8-12-16-31)58-45(64)41-50(3,4)27-38-60(41)49(66)35(24-26-70-38)56-47(68)29(2)52-6/h7-16,28-29,32-41,51-52H,17-27H2,1-6H3,(H,53,62)(H,54,63)(H,55,67)(H,56,68)(H,57,61)(H,58,64)/t28-,29-,32-,33-,34-,35+,36-,37-,38-,39+,40-,41+/m0/s1. The van der Waals surface area contributed by atoms with Crippen molar-refractivity contribution in [1.29, 1.82) is 0 Å². The lowest BCUT2D eigenvalue weighted by Crippen LogP contribution is -2.58. The van der Waals surface area contributed by atoms with Gasteiger partial charge in [-0.25, -0.2) is 0 Å². The summed E-state index contributed by atoms with van der Waals surface area (Å²) in [4.78, 5) is 90.3. The van der Waals surface area contributed by atoms with Crippen molar-refractivity contribution in [3.05, 3.63) is 71.8 Å². The lowest BCUT2D eigenvalue weighted by atomic mass is 9.83. The van der Waals surface area contributed by atoms with Crippen molar-refractivity contribution in [3.8, 4) is 0 Å². The van der Waals surface area contributed by atoms with E-state index in [1.165, 1.54) is 0 Å². The lowest BCUT2D eigenvalue weighted by Gasteiger charge is -2.35. The van der Waals surface area contributed by atoms with E-state index in [-0.39, 0.29) is 64.5 Å². The summed E-state index contributed by atoms with van der Waals surface area (Å²) in [6.07, 6.45) is 5.20. The summed E-state index contributed by atoms with van der Waals surface area (Å²) >= 11 is 14.5. The Hall–Kier alpha value is -4.34. The molecule has 6 amide bonds. The summed E-state index contributed by atoms with van der Waals surface area (Å²) in [7, 11) is 3.62. The summed E-state index contributed by atoms with van der Waals surface area (Å²) in [5, 5.41) is 24.9. The molecule has 1 saturated carbocycles. The molecule has 380 valence electrons. The molecule has 4 aliphatic heterocycles. The molecule has 4 saturated heterocycles. The van der Waals surface area contributed by atoms with E-state index in [2.05, 4.69) is 42.5 Å². The van der Waals surface area contributed by atoms with Gasteiger partial charge in [-0.15, -0.1) is 23.5 Å². The van der Waals surface area contributed by atoms with E-state index in [1.807, 2.05) is 90.3 Å². The average molecular weight is 1040 g/mol. The Morgan fingerprint density at radius 3 is 1.51 bits per heavy atom. The summed E-state index contributed by atoms with van der Waals surface area (Å²) in [5.74, 6) is -0.358. The second-order valence-corrected chi connectivity index (χ2v) is 23.3. The molecule has 16 nitrogen and oxygen atoms in total. The molecular formula is C50H70N10O6S4. The summed E-state index contributed by atoms with van der Waals surface area (Å²) in [6.45, 7) is 7.85. The van der Waals surface area contributed by atoms with Gasteiger partial charge in [-0.1, -0.05) is 98.9 Å².